The number of hydrogen-bond acceptors (Lipinski definition) is 2. The number of hydrogen-bond donors (Lipinski definition) is 0. The fraction of sp³-hybridized carbons (Fsp3) is 0. The Morgan fingerprint density at radius 1 is 0.333 bits per heavy atom. The summed E-state index contributed by atoms with van der Waals surface area (Å²) in [6.07, 6.45) is 0. The van der Waals surface area contributed by atoms with Gasteiger partial charge in [0.25, 0.3) is 0 Å². The average molecular weight is 630 g/mol. The summed E-state index contributed by atoms with van der Waals surface area (Å²) >= 11 is 1.86. The highest BCUT2D eigenvalue weighted by Crippen LogP contribution is 2.44. The molecule has 0 N–H and O–H groups in total. The van der Waals surface area contributed by atoms with Gasteiger partial charge < -0.3 is 4.90 Å². The smallest absolute Gasteiger partial charge is 0.0540 e. The molecule has 0 saturated heterocycles. The minimum Gasteiger partial charge on any atom is -0.310 e. The van der Waals surface area contributed by atoms with Crippen molar-refractivity contribution in [1.82, 2.24) is 0 Å². The highest BCUT2D eigenvalue weighted by atomic mass is 32.1. The summed E-state index contributed by atoms with van der Waals surface area (Å²) in [7, 11) is 0. The van der Waals surface area contributed by atoms with Crippen LogP contribution in [0.5, 0.6) is 0 Å². The van der Waals surface area contributed by atoms with Gasteiger partial charge in [-0.25, -0.2) is 0 Å². The highest BCUT2D eigenvalue weighted by molar-refractivity contribution is 7.25. The maximum atomic E-state index is 2.42. The number of fused-ring (bicyclic) bond motifs is 4. The van der Waals surface area contributed by atoms with Crippen molar-refractivity contribution in [1.29, 1.82) is 0 Å². The van der Waals surface area contributed by atoms with Crippen LogP contribution in [-0.4, -0.2) is 0 Å². The molecule has 9 rings (SSSR count). The molecule has 0 spiro atoms. The van der Waals surface area contributed by atoms with Gasteiger partial charge in [-0.3, -0.25) is 0 Å². The number of anilines is 3. The van der Waals surface area contributed by atoms with Gasteiger partial charge in [-0.05, 0) is 81.1 Å². The van der Waals surface area contributed by atoms with Crippen LogP contribution in [0.15, 0.2) is 188 Å². The fourth-order valence-corrected chi connectivity index (χ4v) is 8.12. The average Bonchev–Trinajstić information content (AvgIpc) is 3.53. The molecule has 9 aromatic rings. The van der Waals surface area contributed by atoms with Crippen molar-refractivity contribution in [2.24, 2.45) is 0 Å². The summed E-state index contributed by atoms with van der Waals surface area (Å²) in [5.41, 5.74) is 10.6. The predicted octanol–water partition coefficient (Wildman–Crippen LogP) is 13.7. The van der Waals surface area contributed by atoms with Crippen molar-refractivity contribution in [3.8, 4) is 33.4 Å². The van der Waals surface area contributed by atoms with Crippen LogP contribution in [0, 0.1) is 0 Å². The molecule has 1 nitrogen and oxygen atoms in total. The van der Waals surface area contributed by atoms with Gasteiger partial charge in [-0.15, -0.1) is 11.3 Å². The lowest BCUT2D eigenvalue weighted by molar-refractivity contribution is 1.29. The van der Waals surface area contributed by atoms with Gasteiger partial charge in [0.2, 0.25) is 0 Å². The third kappa shape index (κ3) is 5.04. The third-order valence-electron chi connectivity index (χ3n) is 9.25. The van der Waals surface area contributed by atoms with Crippen LogP contribution >= 0.6 is 11.3 Å². The SMILES string of the molecule is c1ccc(-c2ccccc2N(c2cccc(-c3cccc(-c4cccc5ccccc45)c3)c2)c2ccc3c(c2)sc2ccccc23)cc1. The van der Waals surface area contributed by atoms with Crippen molar-refractivity contribution in [3.05, 3.63) is 188 Å². The van der Waals surface area contributed by atoms with Gasteiger partial charge in [0.05, 0.1) is 5.69 Å². The van der Waals surface area contributed by atoms with Crippen LogP contribution in [0.3, 0.4) is 0 Å². The Balaban J connectivity index is 1.21. The van der Waals surface area contributed by atoms with E-state index in [-0.39, 0.29) is 0 Å². The van der Waals surface area contributed by atoms with E-state index in [0.29, 0.717) is 0 Å². The van der Waals surface area contributed by atoms with E-state index in [1.807, 2.05) is 11.3 Å². The lowest BCUT2D eigenvalue weighted by Gasteiger charge is -2.28. The second-order valence-corrected chi connectivity index (χ2v) is 13.2. The zero-order valence-electron chi connectivity index (χ0n) is 26.3. The zero-order valence-corrected chi connectivity index (χ0v) is 27.1. The van der Waals surface area contributed by atoms with Gasteiger partial charge in [-0.2, -0.15) is 0 Å². The zero-order chi connectivity index (χ0) is 31.9. The number of nitrogens with zero attached hydrogens (tertiary/aromatic N) is 1. The molecule has 0 aliphatic heterocycles. The second-order valence-electron chi connectivity index (χ2n) is 12.2. The molecule has 0 atom stereocenters. The van der Waals surface area contributed by atoms with E-state index in [4.69, 9.17) is 0 Å². The van der Waals surface area contributed by atoms with Crippen LogP contribution < -0.4 is 4.90 Å². The van der Waals surface area contributed by atoms with Crippen LogP contribution in [0.1, 0.15) is 0 Å². The van der Waals surface area contributed by atoms with Crippen molar-refractivity contribution >= 4 is 59.3 Å². The highest BCUT2D eigenvalue weighted by Gasteiger charge is 2.19. The van der Waals surface area contributed by atoms with E-state index in [9.17, 15) is 0 Å². The maximum absolute atomic E-state index is 2.42. The summed E-state index contributed by atoms with van der Waals surface area (Å²) in [6.45, 7) is 0. The number of benzene rings is 8. The van der Waals surface area contributed by atoms with E-state index in [1.54, 1.807) is 0 Å². The topological polar surface area (TPSA) is 3.24 Å². The lowest BCUT2D eigenvalue weighted by atomic mass is 9.95. The summed E-state index contributed by atoms with van der Waals surface area (Å²) in [5, 5.41) is 5.14. The lowest BCUT2D eigenvalue weighted by Crippen LogP contribution is -2.11. The van der Waals surface area contributed by atoms with Crippen molar-refractivity contribution < 1.29 is 0 Å². The molecule has 8 aromatic carbocycles. The van der Waals surface area contributed by atoms with Gasteiger partial charge in [0.15, 0.2) is 0 Å². The number of thiophene rings is 1. The van der Waals surface area contributed by atoms with Crippen LogP contribution in [0.25, 0.3) is 64.3 Å². The Kier molecular flexibility index (Phi) is 7.07. The van der Waals surface area contributed by atoms with Crippen molar-refractivity contribution in [3.63, 3.8) is 0 Å². The van der Waals surface area contributed by atoms with E-state index >= 15 is 0 Å². The molecule has 0 saturated carbocycles. The van der Waals surface area contributed by atoms with E-state index in [1.165, 1.54) is 64.3 Å². The molecular formula is C46H31NS. The van der Waals surface area contributed by atoms with E-state index < -0.39 is 0 Å². The Morgan fingerprint density at radius 2 is 0.938 bits per heavy atom. The first kappa shape index (κ1) is 28.3. The number of para-hydroxylation sites is 1. The molecule has 0 radical (unpaired) electrons. The van der Waals surface area contributed by atoms with Crippen molar-refractivity contribution in [2.45, 2.75) is 0 Å². The summed E-state index contributed by atoms with van der Waals surface area (Å²) in [4.78, 5) is 2.42. The molecular weight excluding hydrogens is 599 g/mol. The molecule has 0 amide bonds. The fourth-order valence-electron chi connectivity index (χ4n) is 6.98. The van der Waals surface area contributed by atoms with Crippen molar-refractivity contribution in [2.75, 3.05) is 4.90 Å². The van der Waals surface area contributed by atoms with Gasteiger partial charge in [-0.1, -0.05) is 146 Å². The van der Waals surface area contributed by atoms with Crippen LogP contribution in [-0.2, 0) is 0 Å². The van der Waals surface area contributed by atoms with Gasteiger partial charge in [0.1, 0.15) is 0 Å². The summed E-state index contributed by atoms with van der Waals surface area (Å²) < 4.78 is 2.60. The molecule has 0 bridgehead atoms. The quantitative estimate of drug-likeness (QED) is 0.177. The molecule has 1 heterocycles. The minimum absolute atomic E-state index is 1.12. The Labute approximate surface area is 284 Å². The molecule has 0 fully saturated rings. The number of rotatable bonds is 6. The first-order valence-electron chi connectivity index (χ1n) is 16.3. The van der Waals surface area contributed by atoms with Gasteiger partial charge in [0, 0.05) is 37.1 Å². The predicted molar refractivity (Wildman–Crippen MR) is 208 cm³/mol. The monoisotopic (exact) mass is 629 g/mol. The Hall–Kier alpha value is -5.96. The summed E-state index contributed by atoms with van der Waals surface area (Å²) in [5.74, 6) is 0. The second kappa shape index (κ2) is 12.0. The van der Waals surface area contributed by atoms with E-state index in [2.05, 4.69) is 193 Å². The molecule has 0 unspecified atom stereocenters. The standard InChI is InChI=1S/C46H31NS/c1-2-13-33(14-3-1)41-22-6-8-25-44(41)47(38-27-28-43-42-23-7-9-26-45(42)48-46(43)31-38)37-20-11-18-35(30-37)34-17-10-19-36(29-34)40-24-12-16-32-15-4-5-21-39(32)40/h1-31H. The normalized spacial score (nSPS) is 11.3. The molecule has 48 heavy (non-hydrogen) atoms. The largest absolute Gasteiger partial charge is 0.310 e. The maximum Gasteiger partial charge on any atom is 0.0540 e. The minimum atomic E-state index is 1.12. The van der Waals surface area contributed by atoms with Crippen LogP contribution in [0.2, 0.25) is 0 Å². The first-order chi connectivity index (χ1) is 23.8. The molecule has 0 aliphatic rings. The first-order valence-corrected chi connectivity index (χ1v) is 17.2. The summed E-state index contributed by atoms with van der Waals surface area (Å²) in [6, 6.07) is 68.2. The Bertz CT molecular complexity index is 2570. The van der Waals surface area contributed by atoms with Gasteiger partial charge >= 0.3 is 0 Å². The van der Waals surface area contributed by atoms with Crippen LogP contribution in [0.4, 0.5) is 17.1 Å². The molecule has 226 valence electrons. The third-order valence-corrected chi connectivity index (χ3v) is 10.4. The molecule has 2 heteroatoms. The molecule has 0 aliphatic carbocycles. The van der Waals surface area contributed by atoms with E-state index in [0.717, 1.165) is 17.1 Å². The molecule has 1 aromatic heterocycles. The Morgan fingerprint density at radius 3 is 1.85 bits per heavy atom.